The van der Waals surface area contributed by atoms with Gasteiger partial charge in [-0.1, -0.05) is 24.3 Å². The lowest BCUT2D eigenvalue weighted by molar-refractivity contribution is -0.112. The van der Waals surface area contributed by atoms with Crippen molar-refractivity contribution < 1.29 is 14.3 Å². The molecule has 0 aliphatic rings. The van der Waals surface area contributed by atoms with E-state index in [1.165, 1.54) is 17.6 Å². The molecule has 1 N–H and O–H groups in total. The predicted molar refractivity (Wildman–Crippen MR) is 128 cm³/mol. The van der Waals surface area contributed by atoms with E-state index in [0.29, 0.717) is 22.8 Å². The molecule has 0 aliphatic carbocycles. The quantitative estimate of drug-likeness (QED) is 0.344. The molecule has 0 saturated carbocycles. The standard InChI is InChI=1S/C26H20N4O4/c1-17-7-5-10-21(13-17)34-25-22(26(32)30-12-4-3-11-23(30)29-25)14-18(16-27)24(31)28-19-8-6-9-20(15-19)33-2/h3-15H,1-2H3,(H,28,31)/b18-14-. The Morgan fingerprint density at radius 3 is 2.65 bits per heavy atom. The maximum atomic E-state index is 13.3. The van der Waals surface area contributed by atoms with Gasteiger partial charge < -0.3 is 14.8 Å². The molecule has 0 unspecified atom stereocenters. The van der Waals surface area contributed by atoms with Crippen LogP contribution >= 0.6 is 0 Å². The molecule has 0 radical (unpaired) electrons. The average Bonchev–Trinajstić information content (AvgIpc) is 2.84. The molecule has 8 heteroatoms. The van der Waals surface area contributed by atoms with Crippen LogP contribution in [0.5, 0.6) is 17.4 Å². The number of hydrogen-bond acceptors (Lipinski definition) is 6. The van der Waals surface area contributed by atoms with E-state index in [0.717, 1.165) is 5.56 Å². The number of carbonyl (C=O) groups excluding carboxylic acids is 1. The summed E-state index contributed by atoms with van der Waals surface area (Å²) in [5.41, 5.74) is 0.980. The minimum atomic E-state index is -0.685. The summed E-state index contributed by atoms with van der Waals surface area (Å²) in [5, 5.41) is 12.3. The van der Waals surface area contributed by atoms with Crippen LogP contribution < -0.4 is 20.3 Å². The van der Waals surface area contributed by atoms with Crippen molar-refractivity contribution in [2.45, 2.75) is 6.92 Å². The third-order valence-corrected chi connectivity index (χ3v) is 4.92. The highest BCUT2D eigenvalue weighted by Gasteiger charge is 2.17. The number of nitrogens with one attached hydrogen (secondary N) is 1. The van der Waals surface area contributed by atoms with Crippen LogP contribution in [0.15, 0.2) is 83.3 Å². The number of aromatic nitrogens is 2. The average molecular weight is 452 g/mol. The number of ether oxygens (including phenoxy) is 2. The van der Waals surface area contributed by atoms with Crippen LogP contribution in [0.4, 0.5) is 5.69 Å². The maximum absolute atomic E-state index is 13.3. The number of benzene rings is 2. The number of aryl methyl sites for hydroxylation is 1. The molecule has 2 aromatic heterocycles. The number of rotatable bonds is 6. The minimum Gasteiger partial charge on any atom is -0.497 e. The van der Waals surface area contributed by atoms with Crippen molar-refractivity contribution in [2.75, 3.05) is 12.4 Å². The topological polar surface area (TPSA) is 106 Å². The van der Waals surface area contributed by atoms with Gasteiger partial charge in [0.1, 0.15) is 34.4 Å². The summed E-state index contributed by atoms with van der Waals surface area (Å²) in [6, 6.07) is 20.9. The number of pyridine rings is 1. The highest BCUT2D eigenvalue weighted by Crippen LogP contribution is 2.25. The van der Waals surface area contributed by atoms with E-state index >= 15 is 0 Å². The second kappa shape index (κ2) is 9.71. The summed E-state index contributed by atoms with van der Waals surface area (Å²) < 4.78 is 12.4. The maximum Gasteiger partial charge on any atom is 0.269 e. The molecule has 0 aliphatic heterocycles. The zero-order chi connectivity index (χ0) is 24.1. The lowest BCUT2D eigenvalue weighted by Gasteiger charge is -2.11. The van der Waals surface area contributed by atoms with Crippen LogP contribution in [0.3, 0.4) is 0 Å². The van der Waals surface area contributed by atoms with Crippen molar-refractivity contribution in [2.24, 2.45) is 0 Å². The third kappa shape index (κ3) is 4.79. The molecule has 0 bridgehead atoms. The first-order valence-corrected chi connectivity index (χ1v) is 10.3. The SMILES string of the molecule is COc1cccc(NC(=O)/C(C#N)=C\c2c(Oc3cccc(C)c3)nc3ccccn3c2=O)c1. The van der Waals surface area contributed by atoms with Gasteiger partial charge in [0.25, 0.3) is 11.5 Å². The number of carbonyl (C=O) groups is 1. The van der Waals surface area contributed by atoms with Crippen LogP contribution in [0, 0.1) is 18.3 Å². The molecule has 0 spiro atoms. The molecule has 2 aromatic carbocycles. The largest absolute Gasteiger partial charge is 0.497 e. The van der Waals surface area contributed by atoms with Crippen molar-refractivity contribution >= 4 is 23.3 Å². The van der Waals surface area contributed by atoms with Crippen LogP contribution in [0.1, 0.15) is 11.1 Å². The molecule has 1 amide bonds. The molecule has 2 heterocycles. The van der Waals surface area contributed by atoms with Gasteiger partial charge in [-0.15, -0.1) is 0 Å². The van der Waals surface area contributed by atoms with Crippen LogP contribution in [0.2, 0.25) is 0 Å². The van der Waals surface area contributed by atoms with Crippen molar-refractivity contribution in [1.82, 2.24) is 9.38 Å². The fraction of sp³-hybridized carbons (Fsp3) is 0.0769. The Labute approximate surface area is 195 Å². The molecule has 8 nitrogen and oxygen atoms in total. The highest BCUT2D eigenvalue weighted by atomic mass is 16.5. The van der Waals surface area contributed by atoms with Gasteiger partial charge in [-0.25, -0.2) is 0 Å². The van der Waals surface area contributed by atoms with Gasteiger partial charge in [0.15, 0.2) is 0 Å². The molecule has 0 saturated heterocycles. The zero-order valence-corrected chi connectivity index (χ0v) is 18.5. The van der Waals surface area contributed by atoms with Gasteiger partial charge in [0.2, 0.25) is 5.88 Å². The Hall–Kier alpha value is -4.90. The van der Waals surface area contributed by atoms with Gasteiger partial charge in [-0.2, -0.15) is 10.2 Å². The summed E-state index contributed by atoms with van der Waals surface area (Å²) in [7, 11) is 1.51. The lowest BCUT2D eigenvalue weighted by atomic mass is 10.1. The number of methoxy groups -OCH3 is 1. The van der Waals surface area contributed by atoms with E-state index in [-0.39, 0.29) is 17.0 Å². The summed E-state index contributed by atoms with van der Waals surface area (Å²) >= 11 is 0. The van der Waals surface area contributed by atoms with Crippen molar-refractivity contribution in [3.8, 4) is 23.4 Å². The predicted octanol–water partition coefficient (Wildman–Crippen LogP) is 4.35. The summed E-state index contributed by atoms with van der Waals surface area (Å²) in [6.07, 6.45) is 2.75. The summed E-state index contributed by atoms with van der Waals surface area (Å²) in [6.45, 7) is 1.91. The monoisotopic (exact) mass is 452 g/mol. The highest BCUT2D eigenvalue weighted by molar-refractivity contribution is 6.09. The van der Waals surface area contributed by atoms with Gasteiger partial charge in [-0.05, 0) is 55.0 Å². The van der Waals surface area contributed by atoms with E-state index in [1.807, 2.05) is 25.1 Å². The van der Waals surface area contributed by atoms with E-state index in [9.17, 15) is 14.9 Å². The Bertz CT molecular complexity index is 1520. The van der Waals surface area contributed by atoms with E-state index < -0.39 is 11.5 Å². The second-order valence-corrected chi connectivity index (χ2v) is 7.34. The number of nitrogens with zero attached hydrogens (tertiary/aromatic N) is 3. The van der Waals surface area contributed by atoms with Crippen LogP contribution in [-0.2, 0) is 4.79 Å². The Morgan fingerprint density at radius 2 is 1.88 bits per heavy atom. The minimum absolute atomic E-state index is 0.0104. The number of amides is 1. The Balaban J connectivity index is 1.79. The Kier molecular flexibility index (Phi) is 6.37. The molecule has 4 aromatic rings. The van der Waals surface area contributed by atoms with Crippen LogP contribution in [-0.4, -0.2) is 22.4 Å². The molecule has 34 heavy (non-hydrogen) atoms. The zero-order valence-electron chi connectivity index (χ0n) is 18.5. The first kappa shape index (κ1) is 22.3. The van der Waals surface area contributed by atoms with Crippen molar-refractivity contribution in [1.29, 1.82) is 5.26 Å². The van der Waals surface area contributed by atoms with Gasteiger partial charge in [-0.3, -0.25) is 14.0 Å². The van der Waals surface area contributed by atoms with Gasteiger partial charge in [0, 0.05) is 18.0 Å². The molecule has 168 valence electrons. The second-order valence-electron chi connectivity index (χ2n) is 7.34. The molecular weight excluding hydrogens is 432 g/mol. The number of hydrogen-bond donors (Lipinski definition) is 1. The number of anilines is 1. The van der Waals surface area contributed by atoms with E-state index in [4.69, 9.17) is 9.47 Å². The van der Waals surface area contributed by atoms with Crippen LogP contribution in [0.25, 0.3) is 11.7 Å². The fourth-order valence-electron chi connectivity index (χ4n) is 3.27. The number of nitriles is 1. The Morgan fingerprint density at radius 1 is 1.09 bits per heavy atom. The van der Waals surface area contributed by atoms with Crippen molar-refractivity contribution in [3.63, 3.8) is 0 Å². The normalized spacial score (nSPS) is 11.0. The third-order valence-electron chi connectivity index (χ3n) is 4.92. The van der Waals surface area contributed by atoms with Gasteiger partial charge >= 0.3 is 0 Å². The molecule has 0 fully saturated rings. The molecule has 4 rings (SSSR count). The van der Waals surface area contributed by atoms with Gasteiger partial charge in [0.05, 0.1) is 7.11 Å². The smallest absolute Gasteiger partial charge is 0.269 e. The van der Waals surface area contributed by atoms with Crippen molar-refractivity contribution in [3.05, 3.63) is 100.0 Å². The summed E-state index contributed by atoms with van der Waals surface area (Å²) in [4.78, 5) is 30.5. The summed E-state index contributed by atoms with van der Waals surface area (Å²) in [5.74, 6) is 0.325. The first-order valence-electron chi connectivity index (χ1n) is 10.3. The number of fused-ring (bicyclic) bond motifs is 1. The first-order chi connectivity index (χ1) is 16.5. The lowest BCUT2D eigenvalue weighted by Crippen LogP contribution is -2.20. The molecular formula is C26H20N4O4. The van der Waals surface area contributed by atoms with E-state index in [1.54, 1.807) is 60.8 Å². The fourth-order valence-corrected chi connectivity index (χ4v) is 3.27. The van der Waals surface area contributed by atoms with E-state index in [2.05, 4.69) is 10.3 Å². The molecule has 0 atom stereocenters.